The fourth-order valence-electron chi connectivity index (χ4n) is 1.85. The highest BCUT2D eigenvalue weighted by Crippen LogP contribution is 2.38. The van der Waals surface area contributed by atoms with E-state index in [0.717, 1.165) is 0 Å². The number of nitrogens with one attached hydrogen (secondary N) is 1. The summed E-state index contributed by atoms with van der Waals surface area (Å²) in [6, 6.07) is 6.66. The highest BCUT2D eigenvalue weighted by atomic mass is 35.5. The largest absolute Gasteiger partial charge is 0.486 e. The second-order valence-electron chi connectivity index (χ2n) is 4.17. The number of aromatic nitrogens is 1. The first-order valence-electron chi connectivity index (χ1n) is 6.04. The summed E-state index contributed by atoms with van der Waals surface area (Å²) in [6.07, 6.45) is 3.09. The van der Waals surface area contributed by atoms with Gasteiger partial charge in [0.15, 0.2) is 11.5 Å². The van der Waals surface area contributed by atoms with Gasteiger partial charge in [0.2, 0.25) is 0 Å². The first-order valence-corrected chi connectivity index (χ1v) is 6.42. The molecule has 1 N–H and O–H groups in total. The Hall–Kier alpha value is -2.27. The molecular formula is C14H11ClN2O3. The molecule has 0 saturated carbocycles. The summed E-state index contributed by atoms with van der Waals surface area (Å²) < 4.78 is 10.9. The van der Waals surface area contributed by atoms with E-state index in [1.165, 1.54) is 6.20 Å². The Morgan fingerprint density at radius 2 is 2.00 bits per heavy atom. The number of hydrogen-bond donors (Lipinski definition) is 1. The Morgan fingerprint density at radius 1 is 1.25 bits per heavy atom. The van der Waals surface area contributed by atoms with E-state index >= 15 is 0 Å². The number of ether oxygens (including phenoxy) is 2. The minimum absolute atomic E-state index is 0.281. The summed E-state index contributed by atoms with van der Waals surface area (Å²) in [7, 11) is 0. The van der Waals surface area contributed by atoms with Gasteiger partial charge >= 0.3 is 0 Å². The topological polar surface area (TPSA) is 60.5 Å². The fourth-order valence-corrected chi connectivity index (χ4v) is 2.05. The van der Waals surface area contributed by atoms with E-state index < -0.39 is 0 Å². The average Bonchev–Trinajstić information content (AvgIpc) is 2.49. The van der Waals surface area contributed by atoms with E-state index in [1.807, 2.05) is 0 Å². The zero-order valence-corrected chi connectivity index (χ0v) is 11.2. The number of benzene rings is 1. The maximum absolute atomic E-state index is 12.1. The van der Waals surface area contributed by atoms with Gasteiger partial charge in [-0.3, -0.25) is 9.78 Å². The van der Waals surface area contributed by atoms with Crippen LogP contribution in [0.3, 0.4) is 0 Å². The molecule has 1 aromatic carbocycles. The van der Waals surface area contributed by atoms with Crippen molar-refractivity contribution in [1.29, 1.82) is 0 Å². The predicted octanol–water partition coefficient (Wildman–Crippen LogP) is 2.76. The number of amides is 1. The molecule has 102 valence electrons. The van der Waals surface area contributed by atoms with Crippen LogP contribution in [0, 0.1) is 0 Å². The van der Waals surface area contributed by atoms with Crippen molar-refractivity contribution in [1.82, 2.24) is 4.98 Å². The van der Waals surface area contributed by atoms with Crippen molar-refractivity contribution in [3.8, 4) is 11.5 Å². The van der Waals surface area contributed by atoms with Gasteiger partial charge < -0.3 is 14.8 Å². The van der Waals surface area contributed by atoms with Crippen LogP contribution in [0.1, 0.15) is 10.4 Å². The zero-order valence-electron chi connectivity index (χ0n) is 10.4. The number of halogens is 1. The molecule has 0 aliphatic carbocycles. The molecule has 0 fully saturated rings. The molecule has 20 heavy (non-hydrogen) atoms. The quantitative estimate of drug-likeness (QED) is 0.924. The van der Waals surface area contributed by atoms with Crippen molar-refractivity contribution in [3.63, 3.8) is 0 Å². The Bertz CT molecular complexity index is 646. The average molecular weight is 291 g/mol. The van der Waals surface area contributed by atoms with Gasteiger partial charge in [0.05, 0.1) is 16.3 Å². The van der Waals surface area contributed by atoms with E-state index in [-0.39, 0.29) is 5.91 Å². The van der Waals surface area contributed by atoms with E-state index in [2.05, 4.69) is 10.3 Å². The maximum Gasteiger partial charge on any atom is 0.257 e. The van der Waals surface area contributed by atoms with Crippen molar-refractivity contribution < 1.29 is 14.3 Å². The number of anilines is 1. The molecule has 1 aromatic heterocycles. The van der Waals surface area contributed by atoms with E-state index in [0.29, 0.717) is 41.0 Å². The second-order valence-corrected chi connectivity index (χ2v) is 4.58. The van der Waals surface area contributed by atoms with Crippen LogP contribution in [0.15, 0.2) is 36.7 Å². The van der Waals surface area contributed by atoms with Crippen molar-refractivity contribution in [2.24, 2.45) is 0 Å². The lowest BCUT2D eigenvalue weighted by atomic mass is 10.2. The lowest BCUT2D eigenvalue weighted by Crippen LogP contribution is -2.17. The summed E-state index contributed by atoms with van der Waals surface area (Å²) >= 11 is 6.13. The number of carbonyl (C=O) groups is 1. The third-order valence-electron chi connectivity index (χ3n) is 2.80. The molecule has 2 aromatic rings. The van der Waals surface area contributed by atoms with Gasteiger partial charge in [-0.2, -0.15) is 0 Å². The smallest absolute Gasteiger partial charge is 0.257 e. The Morgan fingerprint density at radius 3 is 2.70 bits per heavy atom. The van der Waals surface area contributed by atoms with Crippen LogP contribution in [0.4, 0.5) is 5.69 Å². The molecule has 0 spiro atoms. The molecule has 1 aliphatic heterocycles. The predicted molar refractivity (Wildman–Crippen MR) is 74.6 cm³/mol. The summed E-state index contributed by atoms with van der Waals surface area (Å²) in [6.45, 7) is 0.968. The van der Waals surface area contributed by atoms with Gasteiger partial charge in [0, 0.05) is 24.5 Å². The van der Waals surface area contributed by atoms with Gasteiger partial charge in [-0.1, -0.05) is 11.6 Å². The molecule has 3 rings (SSSR count). The minimum Gasteiger partial charge on any atom is -0.486 e. The van der Waals surface area contributed by atoms with Crippen LogP contribution in [-0.4, -0.2) is 24.1 Å². The Labute approximate surface area is 120 Å². The highest BCUT2D eigenvalue weighted by molar-refractivity contribution is 6.34. The van der Waals surface area contributed by atoms with E-state index in [1.54, 1.807) is 30.5 Å². The third kappa shape index (κ3) is 2.53. The van der Waals surface area contributed by atoms with E-state index in [4.69, 9.17) is 21.1 Å². The lowest BCUT2D eigenvalue weighted by Gasteiger charge is -2.20. The number of rotatable bonds is 2. The molecule has 0 bridgehead atoms. The normalized spacial score (nSPS) is 12.8. The standard InChI is InChI=1S/C14H11ClN2O3/c15-10-6-12-13(20-5-4-19-12)7-11(10)17-14(18)9-2-1-3-16-8-9/h1-3,6-8H,4-5H2,(H,17,18). The summed E-state index contributed by atoms with van der Waals surface area (Å²) in [5.74, 6) is 0.874. The summed E-state index contributed by atoms with van der Waals surface area (Å²) in [5.41, 5.74) is 0.934. The Balaban J connectivity index is 1.86. The Kier molecular flexibility index (Phi) is 3.43. The minimum atomic E-state index is -0.281. The molecule has 1 aliphatic rings. The number of fused-ring (bicyclic) bond motifs is 1. The van der Waals surface area contributed by atoms with Crippen LogP contribution in [0.25, 0.3) is 0 Å². The maximum atomic E-state index is 12.1. The number of hydrogen-bond acceptors (Lipinski definition) is 4. The highest BCUT2D eigenvalue weighted by Gasteiger charge is 2.16. The molecule has 5 nitrogen and oxygen atoms in total. The van der Waals surface area contributed by atoms with Gasteiger partial charge in [-0.15, -0.1) is 0 Å². The molecule has 0 unspecified atom stereocenters. The van der Waals surface area contributed by atoms with Crippen molar-refractivity contribution in [3.05, 3.63) is 47.2 Å². The van der Waals surface area contributed by atoms with Crippen molar-refractivity contribution in [2.45, 2.75) is 0 Å². The van der Waals surface area contributed by atoms with Crippen LogP contribution in [-0.2, 0) is 0 Å². The number of carbonyl (C=O) groups excluding carboxylic acids is 1. The summed E-state index contributed by atoms with van der Waals surface area (Å²) in [4.78, 5) is 16.0. The number of nitrogens with zero attached hydrogens (tertiary/aromatic N) is 1. The number of pyridine rings is 1. The van der Waals surface area contributed by atoms with E-state index in [9.17, 15) is 4.79 Å². The van der Waals surface area contributed by atoms with Crippen LogP contribution in [0.5, 0.6) is 11.5 Å². The molecule has 1 amide bonds. The zero-order chi connectivity index (χ0) is 13.9. The molecule has 6 heteroatoms. The molecule has 0 saturated heterocycles. The SMILES string of the molecule is O=C(Nc1cc2c(cc1Cl)OCCO2)c1cccnc1. The van der Waals surface area contributed by atoms with Crippen LogP contribution < -0.4 is 14.8 Å². The van der Waals surface area contributed by atoms with Crippen LogP contribution in [0.2, 0.25) is 5.02 Å². The lowest BCUT2D eigenvalue weighted by molar-refractivity contribution is 0.102. The van der Waals surface area contributed by atoms with Gasteiger partial charge in [-0.25, -0.2) is 0 Å². The molecule has 0 atom stereocenters. The van der Waals surface area contributed by atoms with Crippen molar-refractivity contribution in [2.75, 3.05) is 18.5 Å². The molecular weight excluding hydrogens is 280 g/mol. The second kappa shape index (κ2) is 5.38. The molecule has 2 heterocycles. The summed E-state index contributed by atoms with van der Waals surface area (Å²) in [5, 5.41) is 3.13. The van der Waals surface area contributed by atoms with Gasteiger partial charge in [-0.05, 0) is 12.1 Å². The molecule has 0 radical (unpaired) electrons. The first-order chi connectivity index (χ1) is 9.74. The van der Waals surface area contributed by atoms with Gasteiger partial charge in [0.1, 0.15) is 13.2 Å². The fraction of sp³-hybridized carbons (Fsp3) is 0.143. The third-order valence-corrected chi connectivity index (χ3v) is 3.12. The van der Waals surface area contributed by atoms with Crippen LogP contribution >= 0.6 is 11.6 Å². The van der Waals surface area contributed by atoms with Gasteiger partial charge in [0.25, 0.3) is 5.91 Å². The van der Waals surface area contributed by atoms with Crippen molar-refractivity contribution >= 4 is 23.2 Å². The monoisotopic (exact) mass is 290 g/mol. The first kappa shape index (κ1) is 12.7.